The lowest BCUT2D eigenvalue weighted by atomic mass is 10.2. The van der Waals surface area contributed by atoms with Crippen molar-refractivity contribution in [3.8, 4) is 11.6 Å². The maximum Gasteiger partial charge on any atom is 0.360 e. The van der Waals surface area contributed by atoms with Gasteiger partial charge in [0, 0.05) is 6.07 Å². The van der Waals surface area contributed by atoms with Gasteiger partial charge in [-0.25, -0.2) is 14.8 Å². The molecule has 1 heterocycles. The third-order valence-corrected chi connectivity index (χ3v) is 2.24. The summed E-state index contributed by atoms with van der Waals surface area (Å²) in [7, 11) is 2.89. The number of carboxylic acid groups (broad SMARTS) is 1. The van der Waals surface area contributed by atoms with Gasteiger partial charge in [0.15, 0.2) is 0 Å². The predicted molar refractivity (Wildman–Crippen MR) is 59.6 cm³/mol. The molecule has 2 rings (SSSR count). The van der Waals surface area contributed by atoms with Crippen molar-refractivity contribution in [1.82, 2.24) is 9.97 Å². The van der Waals surface area contributed by atoms with Crippen molar-refractivity contribution in [3.63, 3.8) is 0 Å². The number of methoxy groups -OCH3 is 2. The lowest BCUT2D eigenvalue weighted by Gasteiger charge is -2.06. The number of hydrogen-bond acceptors (Lipinski definition) is 5. The number of ether oxygens (including phenoxy) is 2. The summed E-state index contributed by atoms with van der Waals surface area (Å²) < 4.78 is 9.94. The van der Waals surface area contributed by atoms with Gasteiger partial charge in [0.2, 0.25) is 11.6 Å². The first-order valence-electron chi connectivity index (χ1n) is 4.78. The van der Waals surface area contributed by atoms with Crippen LogP contribution in [0.5, 0.6) is 11.6 Å². The highest BCUT2D eigenvalue weighted by atomic mass is 16.5. The Hall–Kier alpha value is -2.37. The summed E-state index contributed by atoms with van der Waals surface area (Å²) >= 11 is 0. The number of fused-ring (bicyclic) bond motifs is 1. The molecule has 0 bridgehead atoms. The standard InChI is InChI=1S/C11H10N2O4/c1-16-6-3-4-7-8(5-6)13-10(17-2)9(12-7)11(14)15/h3-5H,1-2H3,(H,14,15). The van der Waals surface area contributed by atoms with Crippen LogP contribution in [0.15, 0.2) is 18.2 Å². The topological polar surface area (TPSA) is 81.5 Å². The van der Waals surface area contributed by atoms with Crippen molar-refractivity contribution in [2.45, 2.75) is 0 Å². The molecule has 0 aliphatic heterocycles. The van der Waals surface area contributed by atoms with E-state index in [9.17, 15) is 4.79 Å². The normalized spacial score (nSPS) is 10.2. The SMILES string of the molecule is COc1ccc2nc(C(=O)O)c(OC)nc2c1. The van der Waals surface area contributed by atoms with E-state index >= 15 is 0 Å². The van der Waals surface area contributed by atoms with Gasteiger partial charge in [-0.15, -0.1) is 0 Å². The molecule has 0 fully saturated rings. The largest absolute Gasteiger partial charge is 0.497 e. The first kappa shape index (κ1) is 11.1. The molecular weight excluding hydrogens is 224 g/mol. The number of benzene rings is 1. The van der Waals surface area contributed by atoms with E-state index in [1.807, 2.05) is 0 Å². The van der Waals surface area contributed by atoms with Crippen LogP contribution in [0, 0.1) is 0 Å². The summed E-state index contributed by atoms with van der Waals surface area (Å²) in [6.45, 7) is 0. The van der Waals surface area contributed by atoms with E-state index < -0.39 is 5.97 Å². The monoisotopic (exact) mass is 234 g/mol. The number of aromatic nitrogens is 2. The average molecular weight is 234 g/mol. The molecule has 0 amide bonds. The fraction of sp³-hybridized carbons (Fsp3) is 0.182. The van der Waals surface area contributed by atoms with Crippen LogP contribution in [-0.4, -0.2) is 35.3 Å². The summed E-state index contributed by atoms with van der Waals surface area (Å²) in [5, 5.41) is 8.95. The zero-order valence-corrected chi connectivity index (χ0v) is 9.30. The van der Waals surface area contributed by atoms with Crippen molar-refractivity contribution in [1.29, 1.82) is 0 Å². The van der Waals surface area contributed by atoms with Gasteiger partial charge in [-0.1, -0.05) is 0 Å². The molecule has 0 aliphatic rings. The van der Waals surface area contributed by atoms with Gasteiger partial charge in [0.25, 0.3) is 0 Å². The highest BCUT2D eigenvalue weighted by Crippen LogP contribution is 2.22. The van der Waals surface area contributed by atoms with E-state index in [2.05, 4.69) is 9.97 Å². The Morgan fingerprint density at radius 3 is 2.53 bits per heavy atom. The smallest absolute Gasteiger partial charge is 0.360 e. The fourth-order valence-electron chi connectivity index (χ4n) is 1.43. The number of hydrogen-bond donors (Lipinski definition) is 1. The van der Waals surface area contributed by atoms with Gasteiger partial charge in [-0.05, 0) is 12.1 Å². The molecule has 0 saturated heterocycles. The highest BCUT2D eigenvalue weighted by molar-refractivity contribution is 5.91. The van der Waals surface area contributed by atoms with Crippen LogP contribution < -0.4 is 9.47 Å². The van der Waals surface area contributed by atoms with Gasteiger partial charge < -0.3 is 14.6 Å². The summed E-state index contributed by atoms with van der Waals surface area (Å²) in [6.07, 6.45) is 0. The molecule has 1 N–H and O–H groups in total. The Labute approximate surface area is 96.8 Å². The van der Waals surface area contributed by atoms with Crippen LogP contribution in [-0.2, 0) is 0 Å². The van der Waals surface area contributed by atoms with Gasteiger partial charge in [-0.3, -0.25) is 0 Å². The molecule has 0 aliphatic carbocycles. The molecule has 2 aromatic rings. The van der Waals surface area contributed by atoms with Gasteiger partial charge in [0.1, 0.15) is 5.75 Å². The summed E-state index contributed by atoms with van der Waals surface area (Å²) in [5.74, 6) is -0.567. The molecule has 0 spiro atoms. The number of rotatable bonds is 3. The minimum absolute atomic E-state index is 0.0155. The zero-order valence-electron chi connectivity index (χ0n) is 9.30. The Balaban J connectivity index is 2.69. The zero-order chi connectivity index (χ0) is 12.4. The lowest BCUT2D eigenvalue weighted by Crippen LogP contribution is -2.06. The summed E-state index contributed by atoms with van der Waals surface area (Å²) in [4.78, 5) is 19.0. The highest BCUT2D eigenvalue weighted by Gasteiger charge is 2.16. The van der Waals surface area contributed by atoms with E-state index in [0.717, 1.165) is 0 Å². The number of aromatic carboxylic acids is 1. The van der Waals surface area contributed by atoms with Crippen LogP contribution in [0.3, 0.4) is 0 Å². The van der Waals surface area contributed by atoms with Gasteiger partial charge in [0.05, 0.1) is 25.3 Å². The Morgan fingerprint density at radius 2 is 1.94 bits per heavy atom. The van der Waals surface area contributed by atoms with Crippen molar-refractivity contribution in [3.05, 3.63) is 23.9 Å². The van der Waals surface area contributed by atoms with Gasteiger partial charge in [-0.2, -0.15) is 0 Å². The lowest BCUT2D eigenvalue weighted by molar-refractivity contribution is 0.0686. The molecule has 6 heteroatoms. The maximum absolute atomic E-state index is 10.9. The second-order valence-corrected chi connectivity index (χ2v) is 3.24. The quantitative estimate of drug-likeness (QED) is 0.863. The third-order valence-electron chi connectivity index (χ3n) is 2.24. The predicted octanol–water partition coefficient (Wildman–Crippen LogP) is 1.35. The molecule has 1 aromatic heterocycles. The summed E-state index contributed by atoms with van der Waals surface area (Å²) in [6, 6.07) is 5.00. The van der Waals surface area contributed by atoms with E-state index in [-0.39, 0.29) is 11.6 Å². The van der Waals surface area contributed by atoms with Crippen molar-refractivity contribution in [2.24, 2.45) is 0 Å². The molecule has 6 nitrogen and oxygen atoms in total. The molecule has 0 radical (unpaired) electrons. The van der Waals surface area contributed by atoms with E-state index in [1.54, 1.807) is 18.2 Å². The second-order valence-electron chi connectivity index (χ2n) is 3.24. The van der Waals surface area contributed by atoms with E-state index in [0.29, 0.717) is 16.8 Å². The first-order valence-corrected chi connectivity index (χ1v) is 4.78. The Morgan fingerprint density at radius 1 is 1.18 bits per heavy atom. The van der Waals surface area contributed by atoms with E-state index in [4.69, 9.17) is 14.6 Å². The average Bonchev–Trinajstić information content (AvgIpc) is 2.36. The molecule has 0 saturated carbocycles. The van der Waals surface area contributed by atoms with Crippen LogP contribution in [0.4, 0.5) is 0 Å². The Kier molecular flexibility index (Phi) is 2.78. The molecular formula is C11H10N2O4. The molecule has 1 aromatic carbocycles. The summed E-state index contributed by atoms with van der Waals surface area (Å²) in [5.41, 5.74) is 0.792. The molecule has 0 atom stereocenters. The van der Waals surface area contributed by atoms with Crippen LogP contribution in [0.25, 0.3) is 11.0 Å². The Bertz CT molecular complexity index is 583. The van der Waals surface area contributed by atoms with Crippen molar-refractivity contribution in [2.75, 3.05) is 14.2 Å². The third kappa shape index (κ3) is 1.96. The number of nitrogens with zero attached hydrogens (tertiary/aromatic N) is 2. The minimum atomic E-state index is -1.17. The van der Waals surface area contributed by atoms with Gasteiger partial charge >= 0.3 is 5.97 Å². The fourth-order valence-corrected chi connectivity index (χ4v) is 1.43. The second kappa shape index (κ2) is 4.25. The van der Waals surface area contributed by atoms with Crippen molar-refractivity contribution < 1.29 is 19.4 Å². The molecule has 17 heavy (non-hydrogen) atoms. The molecule has 0 unspecified atom stereocenters. The van der Waals surface area contributed by atoms with Crippen LogP contribution in [0.2, 0.25) is 0 Å². The first-order chi connectivity index (χ1) is 8.15. The molecule has 88 valence electrons. The van der Waals surface area contributed by atoms with Crippen LogP contribution in [0.1, 0.15) is 10.5 Å². The van der Waals surface area contributed by atoms with Crippen molar-refractivity contribution >= 4 is 17.0 Å². The van der Waals surface area contributed by atoms with E-state index in [1.165, 1.54) is 14.2 Å². The number of carboxylic acids is 1. The van der Waals surface area contributed by atoms with Crippen LogP contribution >= 0.6 is 0 Å². The number of carbonyl (C=O) groups is 1. The minimum Gasteiger partial charge on any atom is -0.497 e. The maximum atomic E-state index is 10.9.